The molecule has 0 radical (unpaired) electrons. The lowest BCUT2D eigenvalue weighted by atomic mass is 9.97. The summed E-state index contributed by atoms with van der Waals surface area (Å²) in [6.07, 6.45) is 0. The number of anilines is 3. The molecule has 0 unspecified atom stereocenters. The van der Waals surface area contributed by atoms with Crippen molar-refractivity contribution in [1.82, 2.24) is 4.57 Å². The molecule has 0 saturated heterocycles. The molecule has 0 amide bonds. The van der Waals surface area contributed by atoms with E-state index in [1.807, 2.05) is 0 Å². The second-order valence-electron chi connectivity index (χ2n) is 16.1. The van der Waals surface area contributed by atoms with Crippen LogP contribution in [0, 0.1) is 0 Å². The third-order valence-electron chi connectivity index (χ3n) is 12.4. The van der Waals surface area contributed by atoms with E-state index in [0.29, 0.717) is 0 Å². The summed E-state index contributed by atoms with van der Waals surface area (Å²) in [5, 5.41) is 4.74. The zero-order valence-corrected chi connectivity index (χ0v) is 34.4. The number of furan rings is 1. The first-order chi connectivity index (χ1) is 31.3. The van der Waals surface area contributed by atoms with Crippen LogP contribution in [0.5, 0.6) is 0 Å². The second-order valence-corrected chi connectivity index (χ2v) is 16.1. The molecule has 2 heterocycles. The van der Waals surface area contributed by atoms with Crippen LogP contribution in [0.1, 0.15) is 0 Å². The van der Waals surface area contributed by atoms with Gasteiger partial charge in [0.2, 0.25) is 0 Å². The van der Waals surface area contributed by atoms with E-state index in [-0.39, 0.29) is 0 Å². The van der Waals surface area contributed by atoms with E-state index >= 15 is 0 Å². The van der Waals surface area contributed by atoms with E-state index in [0.717, 1.165) is 89.2 Å². The summed E-state index contributed by atoms with van der Waals surface area (Å²) in [6.45, 7) is 0. The van der Waals surface area contributed by atoms with Gasteiger partial charge in [0, 0.05) is 49.6 Å². The van der Waals surface area contributed by atoms with Crippen LogP contribution in [0.25, 0.3) is 93.9 Å². The van der Waals surface area contributed by atoms with Crippen LogP contribution < -0.4 is 4.90 Å². The van der Waals surface area contributed by atoms with Gasteiger partial charge in [0.05, 0.1) is 22.4 Å². The fraction of sp³-hybridized carbons (Fsp3) is 0. The molecule has 10 aromatic carbocycles. The van der Waals surface area contributed by atoms with Gasteiger partial charge in [0.15, 0.2) is 0 Å². The molecule has 3 nitrogen and oxygen atoms in total. The minimum Gasteiger partial charge on any atom is -0.455 e. The van der Waals surface area contributed by atoms with Crippen LogP contribution >= 0.6 is 0 Å². The molecule has 12 aromatic rings. The van der Waals surface area contributed by atoms with Crippen LogP contribution in [0.2, 0.25) is 0 Å². The van der Waals surface area contributed by atoms with Gasteiger partial charge in [0.1, 0.15) is 11.2 Å². The predicted octanol–water partition coefficient (Wildman–Crippen LogP) is 16.8. The summed E-state index contributed by atoms with van der Waals surface area (Å²) in [7, 11) is 0. The van der Waals surface area contributed by atoms with E-state index in [1.165, 1.54) is 21.8 Å². The Balaban J connectivity index is 0.988. The normalized spacial score (nSPS) is 11.5. The van der Waals surface area contributed by atoms with Crippen molar-refractivity contribution >= 4 is 60.8 Å². The van der Waals surface area contributed by atoms with E-state index in [2.05, 4.69) is 252 Å². The van der Waals surface area contributed by atoms with Crippen molar-refractivity contribution in [3.63, 3.8) is 0 Å². The van der Waals surface area contributed by atoms with E-state index in [1.54, 1.807) is 0 Å². The monoisotopic (exact) mass is 804 g/mol. The summed E-state index contributed by atoms with van der Waals surface area (Å²) < 4.78 is 9.14. The van der Waals surface area contributed by atoms with Gasteiger partial charge in [0.25, 0.3) is 0 Å². The molecule has 2 aromatic heterocycles. The van der Waals surface area contributed by atoms with Crippen molar-refractivity contribution in [2.75, 3.05) is 4.90 Å². The summed E-state index contributed by atoms with van der Waals surface area (Å²) in [6, 6.07) is 87.0. The Hall–Kier alpha value is -8.40. The lowest BCUT2D eigenvalue weighted by molar-refractivity contribution is 0.670. The first kappa shape index (κ1) is 36.5. The van der Waals surface area contributed by atoms with Crippen molar-refractivity contribution in [3.05, 3.63) is 243 Å². The molecule has 63 heavy (non-hydrogen) atoms. The quantitative estimate of drug-likeness (QED) is 0.153. The largest absolute Gasteiger partial charge is 0.455 e. The van der Waals surface area contributed by atoms with E-state index in [9.17, 15) is 0 Å². The van der Waals surface area contributed by atoms with Gasteiger partial charge in [-0.1, -0.05) is 182 Å². The van der Waals surface area contributed by atoms with Crippen LogP contribution in [0.3, 0.4) is 0 Å². The molecule has 12 rings (SSSR count). The Morgan fingerprint density at radius 1 is 0.317 bits per heavy atom. The van der Waals surface area contributed by atoms with Gasteiger partial charge in [-0.3, -0.25) is 0 Å². The van der Waals surface area contributed by atoms with Gasteiger partial charge in [-0.2, -0.15) is 0 Å². The third-order valence-corrected chi connectivity index (χ3v) is 12.4. The predicted molar refractivity (Wildman–Crippen MR) is 264 cm³/mol. The number of hydrogen-bond donors (Lipinski definition) is 0. The molecular weight excluding hydrogens is 765 g/mol. The lowest BCUT2D eigenvalue weighted by Gasteiger charge is -2.30. The minimum absolute atomic E-state index is 0.865. The van der Waals surface area contributed by atoms with Crippen LogP contribution in [-0.4, -0.2) is 4.57 Å². The number of fused-ring (bicyclic) bond motifs is 6. The smallest absolute Gasteiger partial charge is 0.143 e. The SMILES string of the molecule is c1ccc(-c2ccccc2N(c2ccc(-c3cccc(-n4c5ccccc5c5ccccc54)c3)cc2)c2ccccc2-c2ccc3c(c2)oc2c(-c4ccccc4)cccc23)cc1. The summed E-state index contributed by atoms with van der Waals surface area (Å²) in [5.41, 5.74) is 17.6. The van der Waals surface area contributed by atoms with Crippen molar-refractivity contribution < 1.29 is 4.42 Å². The highest BCUT2D eigenvalue weighted by Gasteiger charge is 2.22. The standard InChI is InChI=1S/C60H40N2O/c1-3-17-42(18-4-1)48-23-7-11-29-55(48)61(46-36-33-41(34-37-46)44-21-15-22-47(39-44)62-57-31-13-9-25-51(57)52-26-10-14-32-58(52)62)56-30-12-8-24-49(56)45-35-38-53-54-28-16-27-50(43-19-5-2-6-20-43)60(54)63-59(53)40-45/h1-40H. The van der Waals surface area contributed by atoms with Crippen molar-refractivity contribution in [2.24, 2.45) is 0 Å². The van der Waals surface area contributed by atoms with Gasteiger partial charge in [-0.25, -0.2) is 0 Å². The zero-order valence-electron chi connectivity index (χ0n) is 34.4. The molecule has 0 atom stereocenters. The molecule has 0 bridgehead atoms. The molecule has 0 N–H and O–H groups in total. The Kier molecular flexibility index (Phi) is 8.83. The summed E-state index contributed by atoms with van der Waals surface area (Å²) >= 11 is 0. The number of rotatable bonds is 8. The lowest BCUT2D eigenvalue weighted by Crippen LogP contribution is -2.12. The van der Waals surface area contributed by atoms with E-state index in [4.69, 9.17) is 4.42 Å². The van der Waals surface area contributed by atoms with Gasteiger partial charge in [-0.15, -0.1) is 0 Å². The highest BCUT2D eigenvalue weighted by atomic mass is 16.3. The van der Waals surface area contributed by atoms with E-state index < -0.39 is 0 Å². The Morgan fingerprint density at radius 2 is 0.825 bits per heavy atom. The van der Waals surface area contributed by atoms with Gasteiger partial charge < -0.3 is 13.9 Å². The average molecular weight is 805 g/mol. The highest BCUT2D eigenvalue weighted by Crippen LogP contribution is 2.46. The number of hydrogen-bond acceptors (Lipinski definition) is 2. The minimum atomic E-state index is 0.865. The molecule has 0 aliphatic heterocycles. The zero-order chi connectivity index (χ0) is 41.7. The van der Waals surface area contributed by atoms with Crippen molar-refractivity contribution in [2.45, 2.75) is 0 Å². The number of nitrogens with zero attached hydrogens (tertiary/aromatic N) is 2. The van der Waals surface area contributed by atoms with Crippen LogP contribution in [0.15, 0.2) is 247 Å². The molecule has 0 aliphatic rings. The third kappa shape index (κ3) is 6.29. The van der Waals surface area contributed by atoms with Gasteiger partial charge >= 0.3 is 0 Å². The molecular formula is C60H40N2O. The topological polar surface area (TPSA) is 21.3 Å². The molecule has 0 saturated carbocycles. The van der Waals surface area contributed by atoms with Gasteiger partial charge in [-0.05, 0) is 88.5 Å². The molecule has 296 valence electrons. The second kappa shape index (κ2) is 15.3. The summed E-state index contributed by atoms with van der Waals surface area (Å²) in [5.74, 6) is 0. The summed E-state index contributed by atoms with van der Waals surface area (Å²) in [4.78, 5) is 2.41. The molecule has 0 spiro atoms. The Morgan fingerprint density at radius 3 is 1.51 bits per heavy atom. The Labute approximate surface area is 366 Å². The van der Waals surface area contributed by atoms with Crippen LogP contribution in [-0.2, 0) is 0 Å². The number of aromatic nitrogens is 1. The maximum Gasteiger partial charge on any atom is 0.143 e. The number of benzene rings is 10. The average Bonchev–Trinajstić information content (AvgIpc) is 3.91. The maximum absolute atomic E-state index is 6.76. The highest BCUT2D eigenvalue weighted by molar-refractivity contribution is 6.11. The van der Waals surface area contributed by atoms with Crippen molar-refractivity contribution in [1.29, 1.82) is 0 Å². The maximum atomic E-state index is 6.76. The molecule has 3 heteroatoms. The van der Waals surface area contributed by atoms with Crippen molar-refractivity contribution in [3.8, 4) is 50.2 Å². The number of para-hydroxylation sites is 5. The first-order valence-corrected chi connectivity index (χ1v) is 21.5. The molecule has 0 aliphatic carbocycles. The Bertz CT molecular complexity index is 3570. The first-order valence-electron chi connectivity index (χ1n) is 21.5. The molecule has 0 fully saturated rings. The van der Waals surface area contributed by atoms with Crippen LogP contribution in [0.4, 0.5) is 17.1 Å². The fourth-order valence-corrected chi connectivity index (χ4v) is 9.49. The fourth-order valence-electron chi connectivity index (χ4n) is 9.49.